The number of amides is 1. The van der Waals surface area contributed by atoms with Gasteiger partial charge in [-0.1, -0.05) is 30.1 Å². The van der Waals surface area contributed by atoms with E-state index in [4.69, 9.17) is 58.5 Å². The summed E-state index contributed by atoms with van der Waals surface area (Å²) in [5.41, 5.74) is -0.801. The van der Waals surface area contributed by atoms with Gasteiger partial charge in [0.05, 0.1) is 5.88 Å². The molecule has 0 saturated carbocycles. The minimum absolute atomic E-state index is 0.276. The van der Waals surface area contributed by atoms with E-state index in [-0.39, 0.29) is 6.61 Å². The number of thioether (sulfide) groups is 1. The van der Waals surface area contributed by atoms with Crippen molar-refractivity contribution in [1.82, 2.24) is 5.32 Å². The molecule has 10 nitrogen and oxygen atoms in total. The van der Waals surface area contributed by atoms with Gasteiger partial charge in [-0.25, -0.2) is 4.79 Å². The van der Waals surface area contributed by atoms with Gasteiger partial charge in [0.2, 0.25) is 0 Å². The van der Waals surface area contributed by atoms with E-state index in [1.54, 1.807) is 0 Å². The van der Waals surface area contributed by atoms with Crippen molar-refractivity contribution >= 4 is 70.6 Å². The maximum absolute atomic E-state index is 12.3. The summed E-state index contributed by atoms with van der Waals surface area (Å²) in [6.45, 7) is 5.05. The van der Waals surface area contributed by atoms with Crippen molar-refractivity contribution in [2.45, 2.75) is 62.0 Å². The third kappa shape index (κ3) is 9.48. The fourth-order valence-corrected chi connectivity index (χ4v) is 3.87. The van der Waals surface area contributed by atoms with Crippen LogP contribution in [0.2, 0.25) is 0 Å². The Morgan fingerprint density at radius 2 is 1.61 bits per heavy atom. The van der Waals surface area contributed by atoms with Crippen molar-refractivity contribution < 1.29 is 42.9 Å². The predicted octanol–water partition coefficient (Wildman–Crippen LogP) is 2.36. The van der Waals surface area contributed by atoms with Crippen molar-refractivity contribution in [3.05, 3.63) is 0 Å². The number of alkyl halides is 3. The van der Waals surface area contributed by atoms with E-state index in [0.29, 0.717) is 5.75 Å². The van der Waals surface area contributed by atoms with Crippen LogP contribution in [0.1, 0.15) is 27.7 Å². The van der Waals surface area contributed by atoms with Crippen LogP contribution in [0.4, 0.5) is 4.79 Å². The molecule has 1 fully saturated rings. The fourth-order valence-electron chi connectivity index (χ4n) is 2.69. The second-order valence-corrected chi connectivity index (χ2v) is 9.34. The lowest BCUT2D eigenvalue weighted by atomic mass is 9.97. The molecule has 14 heteroatoms. The zero-order chi connectivity index (χ0) is 23.8. The average molecular weight is 525 g/mol. The van der Waals surface area contributed by atoms with Crippen LogP contribution in [0, 0.1) is 0 Å². The molecule has 1 saturated heterocycles. The average Bonchev–Trinajstić information content (AvgIpc) is 2.64. The molecule has 1 heterocycles. The summed E-state index contributed by atoms with van der Waals surface area (Å²) < 4.78 is 24.5. The molecule has 1 aliphatic heterocycles. The van der Waals surface area contributed by atoms with E-state index in [2.05, 4.69) is 5.32 Å². The summed E-state index contributed by atoms with van der Waals surface area (Å²) >= 11 is 18.3. The molecule has 0 radical (unpaired) electrons. The first-order valence-electron chi connectivity index (χ1n) is 9.08. The Balaban J connectivity index is 3.26. The van der Waals surface area contributed by atoms with Crippen molar-refractivity contribution in [2.24, 2.45) is 0 Å². The van der Waals surface area contributed by atoms with Crippen LogP contribution in [0.5, 0.6) is 0 Å². The molecule has 1 N–H and O–H groups in total. The number of ether oxygens (including phenoxy) is 5. The Kier molecular flexibility index (Phi) is 11.5. The fraction of sp³-hybridized carbons (Fsp3) is 0.765. The quantitative estimate of drug-likeness (QED) is 0.273. The Morgan fingerprint density at radius 3 is 2.10 bits per heavy atom. The van der Waals surface area contributed by atoms with Crippen LogP contribution in [-0.2, 0) is 38.1 Å². The molecule has 178 valence electrons. The minimum Gasteiger partial charge on any atom is -0.463 e. The summed E-state index contributed by atoms with van der Waals surface area (Å²) in [7, 11) is 0. The summed E-state index contributed by atoms with van der Waals surface area (Å²) in [6.07, 6.45) is -4.45. The number of hydrogen-bond acceptors (Lipinski definition) is 10. The summed E-state index contributed by atoms with van der Waals surface area (Å²) in [4.78, 5) is 47.1. The molecule has 1 amide bonds. The Bertz CT molecular complexity index is 667. The molecule has 0 aromatic rings. The molecular weight excluding hydrogens is 501 g/mol. The van der Waals surface area contributed by atoms with E-state index in [0.717, 1.165) is 13.8 Å². The lowest BCUT2D eigenvalue weighted by Gasteiger charge is -2.45. The summed E-state index contributed by atoms with van der Waals surface area (Å²) in [5.74, 6) is -1.87. The van der Waals surface area contributed by atoms with Gasteiger partial charge in [-0.2, -0.15) is 0 Å². The van der Waals surface area contributed by atoms with Crippen molar-refractivity contribution in [3.8, 4) is 0 Å². The van der Waals surface area contributed by atoms with Crippen molar-refractivity contribution in [3.63, 3.8) is 0 Å². The number of nitrogens with one attached hydrogen (secondary N) is 1. The first-order chi connectivity index (χ1) is 14.4. The maximum atomic E-state index is 12.3. The van der Waals surface area contributed by atoms with Crippen molar-refractivity contribution in [1.29, 1.82) is 0 Å². The van der Waals surface area contributed by atoms with Gasteiger partial charge in [0.25, 0.3) is 4.52 Å². The molecule has 31 heavy (non-hydrogen) atoms. The molecule has 0 spiro atoms. The van der Waals surface area contributed by atoms with Gasteiger partial charge in [-0.05, 0) is 5.75 Å². The maximum Gasteiger partial charge on any atom is 0.410 e. The SMILES string of the molecule is CCS[C@@H]1O[C@H](COC(C)=O)[C@H](OC(C)=O)[C@H](OC(C)=O)[C@H]1NC(=O)OC(Cl)(Cl)CCl. The minimum atomic E-state index is -2.00. The lowest BCUT2D eigenvalue weighted by molar-refractivity contribution is -0.211. The zero-order valence-corrected chi connectivity index (χ0v) is 20.3. The summed E-state index contributed by atoms with van der Waals surface area (Å²) in [5, 5.41) is 2.48. The smallest absolute Gasteiger partial charge is 0.410 e. The molecule has 1 aliphatic rings. The highest BCUT2D eigenvalue weighted by Gasteiger charge is 2.51. The van der Waals surface area contributed by atoms with E-state index in [1.165, 1.54) is 18.7 Å². The topological polar surface area (TPSA) is 126 Å². The van der Waals surface area contributed by atoms with Crippen LogP contribution in [-0.4, -0.2) is 76.6 Å². The van der Waals surface area contributed by atoms with Gasteiger partial charge in [0.1, 0.15) is 24.2 Å². The number of esters is 3. The number of hydrogen-bond donors (Lipinski definition) is 1. The third-order valence-electron chi connectivity index (χ3n) is 3.71. The second kappa shape index (κ2) is 12.8. The number of rotatable bonds is 9. The van der Waals surface area contributed by atoms with Gasteiger partial charge in [0, 0.05) is 20.8 Å². The first-order valence-corrected chi connectivity index (χ1v) is 11.4. The largest absolute Gasteiger partial charge is 0.463 e. The molecule has 0 aliphatic carbocycles. The lowest BCUT2D eigenvalue weighted by Crippen LogP contribution is -2.65. The van der Waals surface area contributed by atoms with Crippen LogP contribution in [0.25, 0.3) is 0 Å². The van der Waals surface area contributed by atoms with Gasteiger partial charge in [0.15, 0.2) is 12.2 Å². The number of carbonyl (C=O) groups excluding carboxylic acids is 4. The van der Waals surface area contributed by atoms with Crippen molar-refractivity contribution in [2.75, 3.05) is 18.2 Å². The molecule has 5 atom stereocenters. The number of halogens is 3. The molecule has 0 aromatic carbocycles. The van der Waals surface area contributed by atoms with Crippen LogP contribution in [0.15, 0.2) is 0 Å². The predicted molar refractivity (Wildman–Crippen MR) is 113 cm³/mol. The Morgan fingerprint density at radius 1 is 1.03 bits per heavy atom. The molecular formula is C17H24Cl3NO9S. The zero-order valence-electron chi connectivity index (χ0n) is 17.2. The normalized spacial score (nSPS) is 25.8. The van der Waals surface area contributed by atoms with Gasteiger partial charge in [-0.3, -0.25) is 14.4 Å². The highest BCUT2D eigenvalue weighted by molar-refractivity contribution is 7.99. The monoisotopic (exact) mass is 523 g/mol. The highest BCUT2D eigenvalue weighted by atomic mass is 35.5. The molecule has 0 bridgehead atoms. The molecule has 0 aromatic heterocycles. The molecule has 0 unspecified atom stereocenters. The number of carbonyl (C=O) groups is 4. The van der Waals surface area contributed by atoms with E-state index < -0.39 is 64.2 Å². The van der Waals surface area contributed by atoms with Crippen LogP contribution >= 0.6 is 46.6 Å². The highest BCUT2D eigenvalue weighted by Crippen LogP contribution is 2.33. The first kappa shape index (κ1) is 27.9. The second-order valence-electron chi connectivity index (χ2n) is 6.28. The van der Waals surface area contributed by atoms with Gasteiger partial charge >= 0.3 is 24.0 Å². The van der Waals surface area contributed by atoms with E-state index >= 15 is 0 Å². The van der Waals surface area contributed by atoms with E-state index in [9.17, 15) is 19.2 Å². The van der Waals surface area contributed by atoms with Crippen LogP contribution < -0.4 is 5.32 Å². The van der Waals surface area contributed by atoms with Crippen LogP contribution in [0.3, 0.4) is 0 Å². The molecule has 1 rings (SSSR count). The van der Waals surface area contributed by atoms with Gasteiger partial charge < -0.3 is 29.0 Å². The Labute approximate surface area is 198 Å². The third-order valence-corrected chi connectivity index (χ3v) is 5.85. The van der Waals surface area contributed by atoms with E-state index in [1.807, 2.05) is 6.92 Å². The van der Waals surface area contributed by atoms with Gasteiger partial charge in [-0.15, -0.1) is 23.4 Å². The summed E-state index contributed by atoms with van der Waals surface area (Å²) in [6, 6.07) is -1.04. The number of alkyl carbamates (subject to hydrolysis) is 1. The Hall–Kier alpha value is -1.14. The standard InChI is InChI=1S/C17H24Cl3NO9S/c1-5-31-15-12(21-16(25)30-17(19,20)7-18)14(28-10(4)24)13(27-9(3)23)11(29-15)6-26-8(2)22/h11-15H,5-7H2,1-4H3,(H,21,25)/t11-,12-,13+,14-,15+/m1/s1.